The molecule has 13 heteroatoms. The highest BCUT2D eigenvalue weighted by atomic mass is 35.5. The molecule has 3 rings (SSSR count). The molecule has 0 saturated heterocycles. The van der Waals surface area contributed by atoms with Gasteiger partial charge in [0.05, 0.1) is 0 Å². The van der Waals surface area contributed by atoms with Gasteiger partial charge in [0.1, 0.15) is 28.9 Å². The lowest BCUT2D eigenvalue weighted by Crippen LogP contribution is -2.29. The van der Waals surface area contributed by atoms with Crippen molar-refractivity contribution in [2.75, 3.05) is 24.7 Å². The van der Waals surface area contributed by atoms with Crippen LogP contribution in [0.25, 0.3) is 10.9 Å². The maximum Gasteiger partial charge on any atom is 0.413 e. The van der Waals surface area contributed by atoms with Crippen LogP contribution >= 0.6 is 23.4 Å². The number of ether oxygens (including phenoxy) is 2. The quantitative estimate of drug-likeness (QED) is 0.171. The van der Waals surface area contributed by atoms with Crippen molar-refractivity contribution in [1.82, 2.24) is 25.3 Å². The van der Waals surface area contributed by atoms with Crippen LogP contribution in [0.4, 0.5) is 15.0 Å². The van der Waals surface area contributed by atoms with Crippen molar-refractivity contribution in [2.24, 2.45) is 0 Å². The smallest absolute Gasteiger partial charge is 0.413 e. The molecule has 3 aromatic rings. The zero-order chi connectivity index (χ0) is 25.8. The van der Waals surface area contributed by atoms with Crippen molar-refractivity contribution < 1.29 is 18.7 Å². The lowest BCUT2D eigenvalue weighted by molar-refractivity contribution is 0.0635. The molecule has 0 aliphatic carbocycles. The SMILES string of the molecule is CSc1nc2c(F)c(Cl)nc(OCCNC(C)c3cccnc3NC(=O)OC(C)(C)C)c2c(=O)[nH]1. The van der Waals surface area contributed by atoms with E-state index in [0.717, 1.165) is 17.3 Å². The highest BCUT2D eigenvalue weighted by Crippen LogP contribution is 2.27. The van der Waals surface area contributed by atoms with Gasteiger partial charge in [-0.3, -0.25) is 10.1 Å². The van der Waals surface area contributed by atoms with Gasteiger partial charge < -0.3 is 19.8 Å². The predicted molar refractivity (Wildman–Crippen MR) is 133 cm³/mol. The van der Waals surface area contributed by atoms with Crippen molar-refractivity contribution in [3.8, 4) is 5.88 Å². The Hall–Kier alpha value is -2.96. The Balaban J connectivity index is 1.68. The molecule has 3 N–H and O–H groups in total. The van der Waals surface area contributed by atoms with Crippen LogP contribution in [0.2, 0.25) is 5.15 Å². The molecule has 3 aromatic heterocycles. The first-order valence-corrected chi connectivity index (χ1v) is 12.2. The Morgan fingerprint density at radius 1 is 1.34 bits per heavy atom. The van der Waals surface area contributed by atoms with Crippen LogP contribution in [0.5, 0.6) is 5.88 Å². The van der Waals surface area contributed by atoms with E-state index in [2.05, 4.69) is 30.6 Å². The molecule has 35 heavy (non-hydrogen) atoms. The van der Waals surface area contributed by atoms with Crippen molar-refractivity contribution in [3.05, 3.63) is 45.2 Å². The summed E-state index contributed by atoms with van der Waals surface area (Å²) >= 11 is 7.05. The Labute approximate surface area is 210 Å². The highest BCUT2D eigenvalue weighted by molar-refractivity contribution is 7.98. The number of hydrogen-bond donors (Lipinski definition) is 3. The number of hydrogen-bond acceptors (Lipinski definition) is 9. The molecule has 0 bridgehead atoms. The second-order valence-electron chi connectivity index (χ2n) is 8.41. The summed E-state index contributed by atoms with van der Waals surface area (Å²) in [6.45, 7) is 7.62. The van der Waals surface area contributed by atoms with E-state index in [1.807, 2.05) is 13.0 Å². The number of carbonyl (C=O) groups is 1. The van der Waals surface area contributed by atoms with Gasteiger partial charge in [0, 0.05) is 24.3 Å². The Morgan fingerprint density at radius 3 is 2.77 bits per heavy atom. The average Bonchev–Trinajstić information content (AvgIpc) is 2.78. The molecule has 188 valence electrons. The number of pyridine rings is 2. The first kappa shape index (κ1) is 26.6. The van der Waals surface area contributed by atoms with E-state index in [1.54, 1.807) is 39.3 Å². The zero-order valence-electron chi connectivity index (χ0n) is 19.9. The van der Waals surface area contributed by atoms with E-state index >= 15 is 0 Å². The summed E-state index contributed by atoms with van der Waals surface area (Å²) in [6.07, 6.45) is 2.66. The molecule has 0 aliphatic heterocycles. The van der Waals surface area contributed by atoms with Gasteiger partial charge in [0.2, 0.25) is 5.88 Å². The van der Waals surface area contributed by atoms with Crippen LogP contribution in [0.15, 0.2) is 28.3 Å². The maximum absolute atomic E-state index is 14.4. The van der Waals surface area contributed by atoms with E-state index in [-0.39, 0.29) is 34.6 Å². The highest BCUT2D eigenvalue weighted by Gasteiger charge is 2.21. The number of aromatic nitrogens is 4. The first-order chi connectivity index (χ1) is 16.5. The Kier molecular flexibility index (Phi) is 8.51. The number of amides is 1. The lowest BCUT2D eigenvalue weighted by Gasteiger charge is -2.21. The van der Waals surface area contributed by atoms with Crippen molar-refractivity contribution in [1.29, 1.82) is 0 Å². The molecule has 1 amide bonds. The standard InChI is InChI=1S/C22H26ClFN6O4S/c1-11(12-7-6-8-26-17(12)29-21(32)34-22(2,3)4)25-9-10-33-19-13-15(14(24)16(23)28-19)27-20(35-5)30-18(13)31/h6-8,11,25H,9-10H2,1-5H3,(H,26,29,32)(H,27,30,31). The fourth-order valence-electron chi connectivity index (χ4n) is 3.11. The molecule has 0 aliphatic rings. The average molecular weight is 525 g/mol. The minimum atomic E-state index is -0.885. The van der Waals surface area contributed by atoms with Crippen molar-refractivity contribution in [2.45, 2.75) is 44.5 Å². The minimum absolute atomic E-state index is 0.0905. The third-order valence-corrected chi connectivity index (χ3v) is 5.44. The first-order valence-electron chi connectivity index (χ1n) is 10.6. The van der Waals surface area contributed by atoms with Gasteiger partial charge in [-0.15, -0.1) is 0 Å². The predicted octanol–water partition coefficient (Wildman–Crippen LogP) is 4.30. The molecule has 0 aromatic carbocycles. The lowest BCUT2D eigenvalue weighted by atomic mass is 10.1. The van der Waals surface area contributed by atoms with Gasteiger partial charge in [-0.1, -0.05) is 29.4 Å². The number of carbonyl (C=O) groups excluding carboxylic acids is 1. The minimum Gasteiger partial charge on any atom is -0.476 e. The molecule has 0 spiro atoms. The van der Waals surface area contributed by atoms with E-state index in [1.165, 1.54) is 0 Å². The van der Waals surface area contributed by atoms with Crippen LogP contribution in [0, 0.1) is 5.82 Å². The number of halogens is 2. The molecular weight excluding hydrogens is 499 g/mol. The Bertz CT molecular complexity index is 1280. The van der Waals surface area contributed by atoms with Crippen LogP contribution < -0.4 is 20.9 Å². The summed E-state index contributed by atoms with van der Waals surface area (Å²) in [4.78, 5) is 39.4. The van der Waals surface area contributed by atoms with Gasteiger partial charge >= 0.3 is 6.09 Å². The fraction of sp³-hybridized carbons (Fsp3) is 0.409. The number of fused-ring (bicyclic) bond motifs is 1. The van der Waals surface area contributed by atoms with Gasteiger partial charge in [-0.2, -0.15) is 4.98 Å². The summed E-state index contributed by atoms with van der Waals surface area (Å²) in [7, 11) is 0. The van der Waals surface area contributed by atoms with Crippen LogP contribution in [0.1, 0.15) is 39.3 Å². The molecular formula is C22H26ClFN6O4S. The number of aromatic amines is 1. The molecule has 1 unspecified atom stereocenters. The number of thioether (sulfide) groups is 1. The van der Waals surface area contributed by atoms with Gasteiger partial charge in [-0.25, -0.2) is 19.2 Å². The summed E-state index contributed by atoms with van der Waals surface area (Å²) in [6, 6.07) is 3.35. The summed E-state index contributed by atoms with van der Waals surface area (Å²) in [5, 5.41) is 5.59. The third kappa shape index (κ3) is 6.80. The number of anilines is 1. The third-order valence-electron chi connectivity index (χ3n) is 4.61. The van der Waals surface area contributed by atoms with Gasteiger partial charge in [0.25, 0.3) is 5.56 Å². The van der Waals surface area contributed by atoms with Gasteiger partial charge in [0.15, 0.2) is 16.1 Å². The topological polar surface area (TPSA) is 131 Å². The number of rotatable bonds is 8. The molecule has 0 saturated carbocycles. The molecule has 0 radical (unpaired) electrons. The van der Waals surface area contributed by atoms with Crippen molar-refractivity contribution >= 4 is 46.2 Å². The number of nitrogens with zero attached hydrogens (tertiary/aromatic N) is 3. The van der Waals surface area contributed by atoms with E-state index in [4.69, 9.17) is 21.1 Å². The van der Waals surface area contributed by atoms with E-state index in [9.17, 15) is 14.0 Å². The second kappa shape index (κ2) is 11.2. The van der Waals surface area contributed by atoms with Crippen molar-refractivity contribution in [3.63, 3.8) is 0 Å². The number of H-pyrrole nitrogens is 1. The maximum atomic E-state index is 14.4. The molecule has 3 heterocycles. The van der Waals surface area contributed by atoms with E-state index < -0.39 is 28.2 Å². The largest absolute Gasteiger partial charge is 0.476 e. The van der Waals surface area contributed by atoms with Crippen LogP contribution in [0.3, 0.4) is 0 Å². The second-order valence-corrected chi connectivity index (χ2v) is 9.57. The fourth-order valence-corrected chi connectivity index (χ4v) is 3.65. The van der Waals surface area contributed by atoms with Crippen LogP contribution in [-0.2, 0) is 4.74 Å². The summed E-state index contributed by atoms with van der Waals surface area (Å²) < 4.78 is 25.4. The number of nitrogens with one attached hydrogen (secondary N) is 3. The monoisotopic (exact) mass is 524 g/mol. The summed E-state index contributed by atoms with van der Waals surface area (Å²) in [5.41, 5.74) is -0.692. The Morgan fingerprint density at radius 2 is 2.09 bits per heavy atom. The van der Waals surface area contributed by atoms with Gasteiger partial charge in [-0.05, 0) is 40.0 Å². The zero-order valence-corrected chi connectivity index (χ0v) is 21.4. The molecule has 1 atom stereocenters. The summed E-state index contributed by atoms with van der Waals surface area (Å²) in [5.74, 6) is -0.637. The van der Waals surface area contributed by atoms with Crippen LogP contribution in [-0.4, -0.2) is 51.0 Å². The molecule has 10 nitrogen and oxygen atoms in total. The molecule has 0 fully saturated rings. The van der Waals surface area contributed by atoms with E-state index in [0.29, 0.717) is 12.4 Å². The normalized spacial score (nSPS) is 12.4.